The van der Waals surface area contributed by atoms with Crippen LogP contribution >= 0.6 is 0 Å². The number of hydrogen-bond donors (Lipinski definition) is 0. The highest BCUT2D eigenvalue weighted by molar-refractivity contribution is 7.20. The van der Waals surface area contributed by atoms with Crippen molar-refractivity contribution < 1.29 is 92.4 Å². The van der Waals surface area contributed by atoms with Gasteiger partial charge in [-0.3, -0.25) is 0 Å². The Labute approximate surface area is 331 Å². The standard InChI is InChI=1S/C24BF20.C13H13N4/c26-5-1(6(27)14(35)21(42)13(5)34)25(2-7(28)15(36)22(43)16(37)8(2)29,3-9(30)17(38)23(44)18(39)10(3)31)4-11(32)19(40)24(45)20(41)12(4)33;14-16-15-10-12-6-8-17(9-7-12)11-13-4-2-1-3-5-13/h;1-9H,10-11H2/q-1;+1. The van der Waals surface area contributed by atoms with Gasteiger partial charge in [0.05, 0.1) is 6.54 Å². The Hall–Kier alpha value is -6.78. The molecule has 0 saturated heterocycles. The van der Waals surface area contributed by atoms with E-state index in [-0.39, 0.29) is 0 Å². The van der Waals surface area contributed by atoms with Crippen LogP contribution in [0.4, 0.5) is 87.8 Å². The molecule has 0 saturated carbocycles. The molecule has 1 heterocycles. The lowest BCUT2D eigenvalue weighted by Crippen LogP contribution is -2.81. The van der Waals surface area contributed by atoms with Crippen molar-refractivity contribution in [3.63, 3.8) is 0 Å². The molecule has 324 valence electrons. The third-order valence-corrected chi connectivity index (χ3v) is 9.19. The molecule has 0 spiro atoms. The molecule has 6 aromatic rings. The summed E-state index contributed by atoms with van der Waals surface area (Å²) in [5.74, 6) is -71.4. The van der Waals surface area contributed by atoms with Crippen LogP contribution in [-0.2, 0) is 13.1 Å². The molecular weight excluding hydrogens is 891 g/mol. The molecule has 0 aliphatic carbocycles. The minimum Gasteiger partial charge on any atom is -0.207 e. The predicted octanol–water partition coefficient (Wildman–Crippen LogP) is 8.68. The van der Waals surface area contributed by atoms with Crippen LogP contribution in [0.2, 0.25) is 0 Å². The van der Waals surface area contributed by atoms with Crippen LogP contribution in [0.1, 0.15) is 11.1 Å². The minimum atomic E-state index is -7.22. The molecule has 6 rings (SSSR count). The quantitative estimate of drug-likeness (QED) is 0.0215. The van der Waals surface area contributed by atoms with Gasteiger partial charge in [-0.1, -0.05) is 35.4 Å². The second-order valence-corrected chi connectivity index (χ2v) is 12.6. The molecule has 5 aromatic carbocycles. The molecule has 0 fully saturated rings. The summed E-state index contributed by atoms with van der Waals surface area (Å²) in [6, 6.07) is 14.2. The number of rotatable bonds is 8. The normalized spacial score (nSPS) is 11.4. The maximum atomic E-state index is 15.4. The summed E-state index contributed by atoms with van der Waals surface area (Å²) in [4.78, 5) is 2.74. The van der Waals surface area contributed by atoms with Gasteiger partial charge in [0.1, 0.15) is 52.7 Å². The van der Waals surface area contributed by atoms with Gasteiger partial charge in [0.25, 0.3) is 0 Å². The highest BCUT2D eigenvalue weighted by Crippen LogP contribution is 2.30. The van der Waals surface area contributed by atoms with Crippen LogP contribution in [0.5, 0.6) is 0 Å². The maximum Gasteiger partial charge on any atom is 0.200 e. The van der Waals surface area contributed by atoms with Gasteiger partial charge in [-0.2, -0.15) is 0 Å². The Morgan fingerprint density at radius 3 is 0.887 bits per heavy atom. The van der Waals surface area contributed by atoms with Crippen molar-refractivity contribution in [2.24, 2.45) is 5.11 Å². The lowest BCUT2D eigenvalue weighted by molar-refractivity contribution is -0.688. The van der Waals surface area contributed by atoms with Crippen LogP contribution in [0.3, 0.4) is 0 Å². The third-order valence-electron chi connectivity index (χ3n) is 9.19. The molecule has 0 amide bonds. The van der Waals surface area contributed by atoms with Gasteiger partial charge < -0.3 is 0 Å². The number of benzene rings is 5. The van der Waals surface area contributed by atoms with Crippen molar-refractivity contribution in [2.75, 3.05) is 0 Å². The summed E-state index contributed by atoms with van der Waals surface area (Å²) in [5.41, 5.74) is -3.81. The highest BCUT2D eigenvalue weighted by Gasteiger charge is 2.52. The van der Waals surface area contributed by atoms with E-state index in [0.29, 0.717) is 6.54 Å². The van der Waals surface area contributed by atoms with Gasteiger partial charge in [0, 0.05) is 22.6 Å². The van der Waals surface area contributed by atoms with Gasteiger partial charge in [0.15, 0.2) is 88.7 Å². The minimum absolute atomic E-state index is 0.405. The largest absolute Gasteiger partial charge is 0.207 e. The lowest BCUT2D eigenvalue weighted by atomic mass is 9.12. The van der Waals surface area contributed by atoms with E-state index in [4.69, 9.17) is 5.53 Å². The topological polar surface area (TPSA) is 52.6 Å². The third kappa shape index (κ3) is 7.49. The zero-order valence-corrected chi connectivity index (χ0v) is 29.5. The average molecular weight is 904 g/mol. The second-order valence-electron chi connectivity index (χ2n) is 12.6. The zero-order valence-electron chi connectivity index (χ0n) is 29.5. The van der Waals surface area contributed by atoms with Crippen LogP contribution in [0.15, 0.2) is 60.0 Å². The first-order valence-corrected chi connectivity index (χ1v) is 16.3. The van der Waals surface area contributed by atoms with Gasteiger partial charge in [0.2, 0.25) is 0 Å². The molecule has 0 aliphatic rings. The van der Waals surface area contributed by atoms with Crippen LogP contribution in [-0.4, -0.2) is 6.15 Å². The van der Waals surface area contributed by atoms with Crippen LogP contribution in [0, 0.1) is 116 Å². The van der Waals surface area contributed by atoms with Crippen molar-refractivity contribution in [1.29, 1.82) is 0 Å². The fraction of sp³-hybridized carbons (Fsp3) is 0.0541. The Kier molecular flexibility index (Phi) is 13.2. The molecule has 0 aliphatic heterocycles. The number of hydrogen-bond acceptors (Lipinski definition) is 1. The number of pyridine rings is 1. The molecule has 25 heteroatoms. The van der Waals surface area contributed by atoms with Gasteiger partial charge in [-0.05, 0) is 11.1 Å². The Bertz CT molecular complexity index is 2420. The number of aromatic nitrogens is 1. The molecule has 0 unspecified atom stereocenters. The van der Waals surface area contributed by atoms with Gasteiger partial charge >= 0.3 is 0 Å². The Morgan fingerprint density at radius 1 is 0.371 bits per heavy atom. The van der Waals surface area contributed by atoms with Crippen molar-refractivity contribution in [3.8, 4) is 0 Å². The fourth-order valence-corrected chi connectivity index (χ4v) is 6.48. The van der Waals surface area contributed by atoms with Crippen molar-refractivity contribution >= 4 is 28.0 Å². The predicted molar refractivity (Wildman–Crippen MR) is 174 cm³/mol. The van der Waals surface area contributed by atoms with Crippen LogP contribution < -0.4 is 26.4 Å². The van der Waals surface area contributed by atoms with E-state index >= 15 is 35.1 Å². The van der Waals surface area contributed by atoms with E-state index in [1.807, 2.05) is 42.7 Å². The number of azide groups is 1. The molecule has 0 bridgehead atoms. The average Bonchev–Trinajstić information content (AvgIpc) is 3.26. The molecule has 1 aromatic heterocycles. The molecule has 0 N–H and O–H groups in total. The Balaban J connectivity index is 0.000000355. The van der Waals surface area contributed by atoms with E-state index in [1.165, 1.54) is 5.56 Å². The summed E-state index contributed by atoms with van der Waals surface area (Å²) in [5, 5.41) is 3.53. The summed E-state index contributed by atoms with van der Waals surface area (Å²) < 4.78 is 296. The van der Waals surface area contributed by atoms with E-state index in [0.717, 1.165) is 12.1 Å². The number of nitrogens with zero attached hydrogens (tertiary/aromatic N) is 4. The molecule has 4 nitrogen and oxygen atoms in total. The van der Waals surface area contributed by atoms with Crippen molar-refractivity contribution in [3.05, 3.63) is 193 Å². The molecule has 62 heavy (non-hydrogen) atoms. The van der Waals surface area contributed by atoms with Gasteiger partial charge in [-0.25, -0.2) is 92.4 Å². The van der Waals surface area contributed by atoms with Crippen molar-refractivity contribution in [2.45, 2.75) is 13.1 Å². The second kappa shape index (κ2) is 17.7. The number of halogens is 20. The first-order valence-electron chi connectivity index (χ1n) is 16.3. The monoisotopic (exact) mass is 904 g/mol. The first kappa shape index (κ1) is 46.3. The summed E-state index contributed by atoms with van der Waals surface area (Å²) in [7, 11) is 0. The van der Waals surface area contributed by atoms with E-state index < -0.39 is 144 Å². The Morgan fingerprint density at radius 2 is 0.629 bits per heavy atom. The van der Waals surface area contributed by atoms with E-state index in [9.17, 15) is 52.7 Å². The first-order chi connectivity index (χ1) is 29.1. The van der Waals surface area contributed by atoms with Crippen LogP contribution in [0.25, 0.3) is 10.4 Å². The lowest BCUT2D eigenvalue weighted by Gasteiger charge is -2.44. The molecule has 0 radical (unpaired) electrons. The van der Waals surface area contributed by atoms with Crippen molar-refractivity contribution in [1.82, 2.24) is 0 Å². The van der Waals surface area contributed by atoms with Gasteiger partial charge in [-0.15, -0.1) is 21.9 Å². The zero-order chi connectivity index (χ0) is 46.3. The maximum absolute atomic E-state index is 15.4. The summed E-state index contributed by atoms with van der Waals surface area (Å²) in [6.45, 7) is 1.26. The summed E-state index contributed by atoms with van der Waals surface area (Å²) in [6.07, 6.45) is -3.23. The highest BCUT2D eigenvalue weighted by atomic mass is 19.2. The fourth-order valence-electron chi connectivity index (χ4n) is 6.48. The summed E-state index contributed by atoms with van der Waals surface area (Å²) >= 11 is 0. The smallest absolute Gasteiger partial charge is 0.200 e. The molecule has 0 atom stereocenters. The molecular formula is C37H13BF20N4. The van der Waals surface area contributed by atoms with E-state index in [2.05, 4.69) is 26.7 Å². The van der Waals surface area contributed by atoms with E-state index in [1.54, 1.807) is 0 Å². The SMILES string of the molecule is Fc1c(F)c(F)c([B-](c2c(F)c(F)c(F)c(F)c2F)(c2c(F)c(F)c(F)c(F)c2F)c2c(F)c(F)c(F)c(F)c2F)c(F)c1F.[N-]=[N+]=NCc1cc[n+](Cc2ccccc2)cc1.